The Kier molecular flexibility index (Phi) is 7.40. The van der Waals surface area contributed by atoms with E-state index in [1.54, 1.807) is 24.3 Å². The zero-order valence-electron chi connectivity index (χ0n) is 17.2. The molecule has 0 unspecified atom stereocenters. The van der Waals surface area contributed by atoms with Crippen LogP contribution in [0, 0.1) is 0 Å². The highest BCUT2D eigenvalue weighted by Crippen LogP contribution is 2.35. The van der Waals surface area contributed by atoms with Crippen molar-refractivity contribution in [2.24, 2.45) is 0 Å². The van der Waals surface area contributed by atoms with E-state index in [0.717, 1.165) is 0 Å². The van der Waals surface area contributed by atoms with Crippen molar-refractivity contribution in [1.29, 1.82) is 0 Å². The van der Waals surface area contributed by atoms with Gasteiger partial charge in [0.25, 0.3) is 0 Å². The first-order valence-electron chi connectivity index (χ1n) is 9.52. The average Bonchev–Trinajstić information content (AvgIpc) is 3.08. The number of Topliss-reactive ketones (excluding diaryl/α,β-unsaturated/α-hetero) is 1. The number of carbonyl (C=O) groups excluding carboxylic acids is 1. The lowest BCUT2D eigenvalue weighted by molar-refractivity contribution is -0.111. The van der Waals surface area contributed by atoms with E-state index >= 15 is 0 Å². The summed E-state index contributed by atoms with van der Waals surface area (Å²) in [7, 11) is 2.66. The summed E-state index contributed by atoms with van der Waals surface area (Å²) >= 11 is 0. The second-order valence-corrected chi connectivity index (χ2v) is 6.75. The first-order valence-corrected chi connectivity index (χ1v) is 9.52. The molecule has 0 heterocycles. The van der Waals surface area contributed by atoms with Gasteiger partial charge in [0, 0.05) is 11.1 Å². The quantitative estimate of drug-likeness (QED) is 0.378. The molecule has 0 atom stereocenters. The second kappa shape index (κ2) is 10.2. The number of ether oxygens (including phenoxy) is 4. The topological polar surface area (TPSA) is 54.0 Å². The molecular weight excluding hydrogens is 432 g/mol. The molecule has 0 aliphatic heterocycles. The van der Waals surface area contributed by atoms with Crippen LogP contribution in [0.25, 0.3) is 12.2 Å². The van der Waals surface area contributed by atoms with E-state index in [-0.39, 0.29) is 28.8 Å². The number of hydrogen-bond donors (Lipinski definition) is 0. The van der Waals surface area contributed by atoms with Crippen molar-refractivity contribution in [2.75, 3.05) is 14.2 Å². The molecule has 0 aromatic heterocycles. The van der Waals surface area contributed by atoms with E-state index in [4.69, 9.17) is 9.47 Å². The zero-order chi connectivity index (χ0) is 23.3. The number of alkyl halides is 4. The standard InChI is InChI=1S/C23H20F4O5/c1-29-19-11-13(3-7-17(19)31-22(24)25)9-15-5-6-16(21(15)28)10-14-4-8-18(32-23(26)27)20(12-14)30-2/h3-4,7-12,22-23H,5-6H2,1-2H3/b15-9-,16-10-. The SMILES string of the molecule is COc1cc(/C=C2/CC/C(=C/c3ccc(OC(F)F)c(OC)c3)C2=O)ccc1OC(F)F. The predicted molar refractivity (Wildman–Crippen MR) is 109 cm³/mol. The fraction of sp³-hybridized carbons (Fsp3) is 0.261. The van der Waals surface area contributed by atoms with Crippen molar-refractivity contribution in [3.63, 3.8) is 0 Å². The van der Waals surface area contributed by atoms with Crippen LogP contribution in [0.1, 0.15) is 24.0 Å². The van der Waals surface area contributed by atoms with E-state index in [1.807, 2.05) is 0 Å². The maximum absolute atomic E-state index is 12.8. The van der Waals surface area contributed by atoms with Crippen LogP contribution >= 0.6 is 0 Å². The minimum absolute atomic E-state index is 0.101. The summed E-state index contributed by atoms with van der Waals surface area (Å²) in [6.07, 6.45) is 4.31. The van der Waals surface area contributed by atoms with Crippen molar-refractivity contribution in [1.82, 2.24) is 0 Å². The predicted octanol–water partition coefficient (Wildman–Crippen LogP) is 5.74. The third-order valence-corrected chi connectivity index (χ3v) is 4.74. The highest BCUT2D eigenvalue weighted by atomic mass is 19.3. The number of halogens is 4. The molecule has 0 spiro atoms. The Morgan fingerprint density at radius 1 is 0.719 bits per heavy atom. The number of benzene rings is 2. The zero-order valence-corrected chi connectivity index (χ0v) is 17.2. The van der Waals surface area contributed by atoms with Gasteiger partial charge in [-0.1, -0.05) is 12.1 Å². The van der Waals surface area contributed by atoms with Crippen LogP contribution in [0.5, 0.6) is 23.0 Å². The average molecular weight is 452 g/mol. The lowest BCUT2D eigenvalue weighted by Gasteiger charge is -2.10. The molecule has 9 heteroatoms. The van der Waals surface area contributed by atoms with E-state index in [1.165, 1.54) is 38.5 Å². The third kappa shape index (κ3) is 5.60. The highest BCUT2D eigenvalue weighted by Gasteiger charge is 2.23. The van der Waals surface area contributed by atoms with Crippen LogP contribution in [0.2, 0.25) is 0 Å². The van der Waals surface area contributed by atoms with Gasteiger partial charge in [-0.15, -0.1) is 0 Å². The van der Waals surface area contributed by atoms with E-state index in [0.29, 0.717) is 35.1 Å². The number of methoxy groups -OCH3 is 2. The molecular formula is C23H20F4O5. The molecule has 0 saturated heterocycles. The van der Waals surface area contributed by atoms with Gasteiger partial charge >= 0.3 is 13.2 Å². The minimum atomic E-state index is -2.98. The van der Waals surface area contributed by atoms with Crippen molar-refractivity contribution in [3.05, 3.63) is 58.7 Å². The first-order chi connectivity index (χ1) is 15.3. The fourth-order valence-electron chi connectivity index (χ4n) is 3.32. The first kappa shape index (κ1) is 23.2. The van der Waals surface area contributed by atoms with Crippen LogP contribution in [0.15, 0.2) is 47.5 Å². The van der Waals surface area contributed by atoms with Crippen LogP contribution in [-0.2, 0) is 4.79 Å². The van der Waals surface area contributed by atoms with Gasteiger partial charge in [-0.05, 0) is 60.4 Å². The van der Waals surface area contributed by atoms with Crippen molar-refractivity contribution in [3.8, 4) is 23.0 Å². The molecule has 5 nitrogen and oxygen atoms in total. The lowest BCUT2D eigenvalue weighted by atomic mass is 10.1. The van der Waals surface area contributed by atoms with Crippen LogP contribution in [0.3, 0.4) is 0 Å². The summed E-state index contributed by atoms with van der Waals surface area (Å²) in [4.78, 5) is 12.8. The molecule has 1 aliphatic carbocycles. The summed E-state index contributed by atoms with van der Waals surface area (Å²) in [6.45, 7) is -5.96. The van der Waals surface area contributed by atoms with E-state index < -0.39 is 13.2 Å². The highest BCUT2D eigenvalue weighted by molar-refractivity contribution is 6.15. The summed E-state index contributed by atoms with van der Waals surface area (Å²) in [5, 5.41) is 0. The molecule has 1 saturated carbocycles. The molecule has 2 aromatic carbocycles. The monoisotopic (exact) mass is 452 g/mol. The molecule has 32 heavy (non-hydrogen) atoms. The van der Waals surface area contributed by atoms with Gasteiger partial charge in [0.2, 0.25) is 0 Å². The van der Waals surface area contributed by atoms with E-state index in [2.05, 4.69) is 9.47 Å². The number of ketones is 1. The Bertz CT molecular complexity index is 965. The fourth-order valence-corrected chi connectivity index (χ4v) is 3.32. The molecule has 1 aliphatic rings. The van der Waals surface area contributed by atoms with Gasteiger partial charge in [0.15, 0.2) is 28.8 Å². The van der Waals surface area contributed by atoms with E-state index in [9.17, 15) is 22.4 Å². The van der Waals surface area contributed by atoms with Crippen molar-refractivity contribution < 1.29 is 41.3 Å². The maximum Gasteiger partial charge on any atom is 0.387 e. The normalized spacial score (nSPS) is 16.3. The maximum atomic E-state index is 12.8. The summed E-state index contributed by atoms with van der Waals surface area (Å²) < 4.78 is 68.9. The van der Waals surface area contributed by atoms with Gasteiger partial charge in [-0.2, -0.15) is 17.6 Å². The Labute approximate surface area is 181 Å². The van der Waals surface area contributed by atoms with Gasteiger partial charge in [-0.25, -0.2) is 0 Å². The largest absolute Gasteiger partial charge is 0.493 e. The summed E-state index contributed by atoms with van der Waals surface area (Å²) in [5.74, 6) is -0.116. The van der Waals surface area contributed by atoms with Crippen LogP contribution in [-0.4, -0.2) is 33.2 Å². The second-order valence-electron chi connectivity index (χ2n) is 6.75. The number of carbonyl (C=O) groups is 1. The number of hydrogen-bond acceptors (Lipinski definition) is 5. The minimum Gasteiger partial charge on any atom is -0.493 e. The van der Waals surface area contributed by atoms with Gasteiger partial charge < -0.3 is 18.9 Å². The Morgan fingerprint density at radius 3 is 1.47 bits per heavy atom. The molecule has 0 radical (unpaired) electrons. The molecule has 0 N–H and O–H groups in total. The summed E-state index contributed by atoms with van der Waals surface area (Å²) in [5.41, 5.74) is 2.29. The molecule has 3 rings (SSSR count). The molecule has 2 aromatic rings. The van der Waals surface area contributed by atoms with Gasteiger partial charge in [0.05, 0.1) is 14.2 Å². The smallest absolute Gasteiger partial charge is 0.387 e. The van der Waals surface area contributed by atoms with Crippen LogP contribution in [0.4, 0.5) is 17.6 Å². The molecule has 1 fully saturated rings. The van der Waals surface area contributed by atoms with Crippen molar-refractivity contribution >= 4 is 17.9 Å². The molecule has 170 valence electrons. The number of rotatable bonds is 8. The number of allylic oxidation sites excluding steroid dienone is 2. The molecule has 0 bridgehead atoms. The Hall–Kier alpha value is -3.49. The van der Waals surface area contributed by atoms with Crippen LogP contribution < -0.4 is 18.9 Å². The Balaban J connectivity index is 1.81. The lowest BCUT2D eigenvalue weighted by Crippen LogP contribution is -2.03. The Morgan fingerprint density at radius 2 is 1.12 bits per heavy atom. The third-order valence-electron chi connectivity index (χ3n) is 4.74. The van der Waals surface area contributed by atoms with Crippen molar-refractivity contribution in [2.45, 2.75) is 26.1 Å². The van der Waals surface area contributed by atoms with Gasteiger partial charge in [-0.3, -0.25) is 4.79 Å². The van der Waals surface area contributed by atoms with Gasteiger partial charge in [0.1, 0.15) is 0 Å². The molecule has 0 amide bonds. The summed E-state index contributed by atoms with van der Waals surface area (Å²) in [6, 6.07) is 8.81.